The first-order valence-corrected chi connectivity index (χ1v) is 9.85. The second kappa shape index (κ2) is 9.13. The molecule has 32 heavy (non-hydrogen) atoms. The van der Waals surface area contributed by atoms with Crippen LogP contribution in [0.25, 0.3) is 11.3 Å². The molecular weight excluding hydrogens is 408 g/mol. The van der Waals surface area contributed by atoms with Gasteiger partial charge in [-0.05, 0) is 23.8 Å². The number of methoxy groups -OCH3 is 1. The Bertz CT molecular complexity index is 1270. The molecule has 8 heteroatoms. The highest BCUT2D eigenvalue weighted by atomic mass is 16.6. The number of nitro benzene ring substituents is 1. The first-order chi connectivity index (χ1) is 15.5. The molecule has 0 bridgehead atoms. The van der Waals surface area contributed by atoms with Gasteiger partial charge in [0.1, 0.15) is 11.4 Å². The summed E-state index contributed by atoms with van der Waals surface area (Å²) in [6, 6.07) is 22.9. The Labute approximate surface area is 184 Å². The topological polar surface area (TPSA) is 99.3 Å². The maximum absolute atomic E-state index is 13.1. The minimum atomic E-state index is -0.505. The van der Waals surface area contributed by atoms with Crippen LogP contribution in [0.4, 0.5) is 11.4 Å². The Morgan fingerprint density at radius 2 is 1.84 bits per heavy atom. The van der Waals surface area contributed by atoms with Gasteiger partial charge >= 0.3 is 0 Å². The zero-order valence-electron chi connectivity index (χ0n) is 17.3. The number of non-ortho nitro benzene ring substituents is 1. The molecule has 3 aromatic carbocycles. The maximum Gasteiger partial charge on any atom is 0.271 e. The third kappa shape index (κ3) is 4.65. The predicted octanol–water partition coefficient (Wildman–Crippen LogP) is 4.77. The van der Waals surface area contributed by atoms with Crippen LogP contribution in [0, 0.1) is 10.1 Å². The fourth-order valence-electron chi connectivity index (χ4n) is 3.32. The van der Waals surface area contributed by atoms with Crippen LogP contribution in [0.5, 0.6) is 5.75 Å². The highest BCUT2D eigenvalue weighted by Crippen LogP contribution is 2.27. The zero-order valence-corrected chi connectivity index (χ0v) is 17.3. The summed E-state index contributed by atoms with van der Waals surface area (Å²) >= 11 is 0. The number of ether oxygens (including phenoxy) is 1. The molecule has 0 atom stereocenters. The molecule has 0 fully saturated rings. The van der Waals surface area contributed by atoms with Crippen molar-refractivity contribution < 1.29 is 14.5 Å². The maximum atomic E-state index is 13.1. The Kier molecular flexibility index (Phi) is 5.94. The van der Waals surface area contributed by atoms with Crippen molar-refractivity contribution in [3.05, 3.63) is 106 Å². The Hall–Kier alpha value is -4.46. The summed E-state index contributed by atoms with van der Waals surface area (Å²) in [6.45, 7) is 0.488. The van der Waals surface area contributed by atoms with E-state index in [4.69, 9.17) is 4.74 Å². The van der Waals surface area contributed by atoms with Crippen molar-refractivity contribution in [2.75, 3.05) is 12.4 Å². The van der Waals surface area contributed by atoms with Crippen molar-refractivity contribution in [1.82, 2.24) is 9.78 Å². The summed E-state index contributed by atoms with van der Waals surface area (Å²) in [5.74, 6) is 0.229. The molecule has 0 aliphatic rings. The van der Waals surface area contributed by atoms with Gasteiger partial charge in [-0.15, -0.1) is 0 Å². The molecule has 1 amide bonds. The lowest BCUT2D eigenvalue weighted by atomic mass is 10.1. The quantitative estimate of drug-likeness (QED) is 0.338. The molecule has 0 spiro atoms. The molecule has 160 valence electrons. The van der Waals surface area contributed by atoms with E-state index in [1.807, 2.05) is 48.5 Å². The van der Waals surface area contributed by atoms with Gasteiger partial charge in [-0.1, -0.05) is 48.5 Å². The Balaban J connectivity index is 1.70. The molecular formula is C24H20N4O4. The molecule has 4 rings (SSSR count). The Morgan fingerprint density at radius 3 is 2.59 bits per heavy atom. The third-order valence-electron chi connectivity index (χ3n) is 4.85. The molecule has 0 aliphatic heterocycles. The van der Waals surface area contributed by atoms with Gasteiger partial charge in [0.2, 0.25) is 0 Å². The average molecular weight is 428 g/mol. The molecule has 0 radical (unpaired) electrons. The fourth-order valence-corrected chi connectivity index (χ4v) is 3.32. The number of amides is 1. The summed E-state index contributed by atoms with van der Waals surface area (Å²) < 4.78 is 7.01. The lowest BCUT2D eigenvalue weighted by molar-refractivity contribution is -0.384. The standard InChI is InChI=1S/C24H20N4O4/c1-32-21-12-5-9-18(13-21)23-22(16-27(26-23)15-17-7-3-2-4-8-17)24(29)25-19-10-6-11-20(14-19)28(30)31/h2-14,16H,15H2,1H3,(H,25,29). The predicted molar refractivity (Wildman–Crippen MR) is 121 cm³/mol. The normalized spacial score (nSPS) is 10.5. The molecule has 0 saturated heterocycles. The lowest BCUT2D eigenvalue weighted by Crippen LogP contribution is -2.12. The van der Waals surface area contributed by atoms with Crippen LogP contribution < -0.4 is 10.1 Å². The summed E-state index contributed by atoms with van der Waals surface area (Å²) in [4.78, 5) is 23.7. The van der Waals surface area contributed by atoms with Crippen molar-refractivity contribution in [2.24, 2.45) is 0 Å². The Morgan fingerprint density at radius 1 is 1.06 bits per heavy atom. The number of hydrogen-bond acceptors (Lipinski definition) is 5. The second-order valence-electron chi connectivity index (χ2n) is 7.07. The van der Waals surface area contributed by atoms with E-state index in [0.717, 1.165) is 11.1 Å². The van der Waals surface area contributed by atoms with Gasteiger partial charge in [-0.25, -0.2) is 0 Å². The fraction of sp³-hybridized carbons (Fsp3) is 0.0833. The number of nitrogens with zero attached hydrogens (tertiary/aromatic N) is 3. The van der Waals surface area contributed by atoms with Gasteiger partial charge in [0.15, 0.2) is 0 Å². The van der Waals surface area contributed by atoms with Crippen LogP contribution >= 0.6 is 0 Å². The van der Waals surface area contributed by atoms with Crippen LogP contribution in [0.15, 0.2) is 85.1 Å². The molecule has 8 nitrogen and oxygen atoms in total. The molecule has 0 saturated carbocycles. The van der Waals surface area contributed by atoms with Gasteiger partial charge in [0.05, 0.1) is 24.1 Å². The van der Waals surface area contributed by atoms with E-state index in [9.17, 15) is 14.9 Å². The third-order valence-corrected chi connectivity index (χ3v) is 4.85. The van der Waals surface area contributed by atoms with E-state index in [0.29, 0.717) is 29.2 Å². The van der Waals surface area contributed by atoms with Gasteiger partial charge < -0.3 is 10.1 Å². The van der Waals surface area contributed by atoms with Crippen molar-refractivity contribution in [3.63, 3.8) is 0 Å². The number of rotatable bonds is 7. The monoisotopic (exact) mass is 428 g/mol. The van der Waals surface area contributed by atoms with Crippen LogP contribution in [0.1, 0.15) is 15.9 Å². The van der Waals surface area contributed by atoms with E-state index in [2.05, 4.69) is 10.4 Å². The van der Waals surface area contributed by atoms with Crippen molar-refractivity contribution in [3.8, 4) is 17.0 Å². The van der Waals surface area contributed by atoms with Gasteiger partial charge in [-0.2, -0.15) is 5.10 Å². The summed E-state index contributed by atoms with van der Waals surface area (Å²) in [7, 11) is 1.57. The van der Waals surface area contributed by atoms with E-state index in [-0.39, 0.29) is 5.69 Å². The number of benzene rings is 3. The first kappa shape index (κ1) is 20.8. The van der Waals surface area contributed by atoms with Crippen molar-refractivity contribution in [1.29, 1.82) is 0 Å². The van der Waals surface area contributed by atoms with Gasteiger partial charge in [0, 0.05) is 29.6 Å². The number of nitrogens with one attached hydrogen (secondary N) is 1. The van der Waals surface area contributed by atoms with Crippen LogP contribution in [-0.2, 0) is 6.54 Å². The molecule has 0 unspecified atom stereocenters. The number of carbonyl (C=O) groups excluding carboxylic acids is 1. The highest BCUT2D eigenvalue weighted by molar-refractivity contribution is 6.08. The van der Waals surface area contributed by atoms with Gasteiger partial charge in [0.25, 0.3) is 11.6 Å². The number of nitro groups is 1. The largest absolute Gasteiger partial charge is 0.497 e. The molecule has 1 aromatic heterocycles. The average Bonchev–Trinajstić information content (AvgIpc) is 3.24. The lowest BCUT2D eigenvalue weighted by Gasteiger charge is -2.06. The summed E-state index contributed by atoms with van der Waals surface area (Å²) in [6.07, 6.45) is 1.68. The molecule has 1 N–H and O–H groups in total. The van der Waals surface area contributed by atoms with E-state index >= 15 is 0 Å². The molecule has 1 heterocycles. The van der Waals surface area contributed by atoms with Crippen molar-refractivity contribution >= 4 is 17.3 Å². The first-order valence-electron chi connectivity index (χ1n) is 9.85. The van der Waals surface area contributed by atoms with Gasteiger partial charge in [-0.3, -0.25) is 19.6 Å². The zero-order chi connectivity index (χ0) is 22.5. The van der Waals surface area contributed by atoms with Crippen LogP contribution in [-0.4, -0.2) is 27.7 Å². The van der Waals surface area contributed by atoms with E-state index < -0.39 is 10.8 Å². The number of aromatic nitrogens is 2. The smallest absolute Gasteiger partial charge is 0.271 e. The molecule has 4 aromatic rings. The SMILES string of the molecule is COc1cccc(-c2nn(Cc3ccccc3)cc2C(=O)Nc2cccc([N+](=O)[O-])c2)c1. The van der Waals surface area contributed by atoms with Crippen LogP contribution in [0.2, 0.25) is 0 Å². The highest BCUT2D eigenvalue weighted by Gasteiger charge is 2.19. The minimum absolute atomic E-state index is 0.101. The van der Waals surface area contributed by atoms with E-state index in [1.165, 1.54) is 18.2 Å². The second-order valence-corrected chi connectivity index (χ2v) is 7.07. The van der Waals surface area contributed by atoms with Crippen LogP contribution in [0.3, 0.4) is 0 Å². The number of hydrogen-bond donors (Lipinski definition) is 1. The summed E-state index contributed by atoms with van der Waals surface area (Å²) in [5.41, 5.74) is 2.83. The van der Waals surface area contributed by atoms with E-state index in [1.54, 1.807) is 30.1 Å². The summed E-state index contributed by atoms with van der Waals surface area (Å²) in [5, 5.41) is 18.4. The van der Waals surface area contributed by atoms with Crippen molar-refractivity contribution in [2.45, 2.75) is 6.54 Å². The minimum Gasteiger partial charge on any atom is -0.497 e. The number of carbonyl (C=O) groups is 1. The molecule has 0 aliphatic carbocycles. The number of anilines is 1.